The molecule has 0 saturated heterocycles. The maximum absolute atomic E-state index is 2.42. The highest BCUT2D eigenvalue weighted by atomic mass is 14.4. The quantitative estimate of drug-likeness (QED) is 0.463. The summed E-state index contributed by atoms with van der Waals surface area (Å²) >= 11 is 0. The molecular formula is C21H42. The summed E-state index contributed by atoms with van der Waals surface area (Å²) in [5.41, 5.74) is 0. The van der Waals surface area contributed by atoms with E-state index in [9.17, 15) is 0 Å². The maximum atomic E-state index is 2.42. The van der Waals surface area contributed by atoms with Crippen molar-refractivity contribution in [1.82, 2.24) is 0 Å². The van der Waals surface area contributed by atoms with Crippen LogP contribution in [0.2, 0.25) is 0 Å². The highest BCUT2D eigenvalue weighted by Crippen LogP contribution is 2.44. The molecule has 0 aromatic rings. The van der Waals surface area contributed by atoms with E-state index in [4.69, 9.17) is 0 Å². The first-order valence-corrected chi connectivity index (χ1v) is 9.59. The lowest BCUT2D eigenvalue weighted by Gasteiger charge is -2.45. The molecule has 0 amide bonds. The van der Waals surface area contributed by atoms with Gasteiger partial charge in [-0.15, -0.1) is 0 Å². The summed E-state index contributed by atoms with van der Waals surface area (Å²) in [5, 5.41) is 0. The maximum Gasteiger partial charge on any atom is -0.0386 e. The Bertz CT molecular complexity index is 237. The molecule has 0 bridgehead atoms. The van der Waals surface area contributed by atoms with Gasteiger partial charge in [-0.05, 0) is 65.6 Å². The molecule has 4 atom stereocenters. The van der Waals surface area contributed by atoms with E-state index < -0.39 is 0 Å². The lowest BCUT2D eigenvalue weighted by molar-refractivity contribution is 0.0302. The van der Waals surface area contributed by atoms with E-state index in [1.807, 2.05) is 0 Å². The minimum Gasteiger partial charge on any atom is -0.0622 e. The van der Waals surface area contributed by atoms with Crippen molar-refractivity contribution in [2.75, 3.05) is 0 Å². The SMILES string of the molecule is CC1C(C)C(C)C(C)C(C)C1C.CC1CC(C)C(C)C1C. The van der Waals surface area contributed by atoms with Gasteiger partial charge in [0.05, 0.1) is 0 Å². The summed E-state index contributed by atoms with van der Waals surface area (Å²) in [6.45, 7) is 24.1. The van der Waals surface area contributed by atoms with E-state index in [2.05, 4.69) is 69.2 Å². The number of rotatable bonds is 0. The van der Waals surface area contributed by atoms with E-state index in [0.29, 0.717) is 0 Å². The monoisotopic (exact) mass is 294 g/mol. The van der Waals surface area contributed by atoms with Gasteiger partial charge in [0.15, 0.2) is 0 Å². The highest BCUT2D eigenvalue weighted by molar-refractivity contribution is 4.87. The van der Waals surface area contributed by atoms with Crippen LogP contribution in [-0.2, 0) is 0 Å². The van der Waals surface area contributed by atoms with Crippen LogP contribution in [0.15, 0.2) is 0 Å². The van der Waals surface area contributed by atoms with Crippen LogP contribution in [0, 0.1) is 59.2 Å². The Morgan fingerprint density at radius 1 is 0.333 bits per heavy atom. The van der Waals surface area contributed by atoms with Crippen LogP contribution < -0.4 is 0 Å². The zero-order chi connectivity index (χ0) is 16.5. The molecule has 0 aromatic carbocycles. The van der Waals surface area contributed by atoms with Crippen LogP contribution in [-0.4, -0.2) is 0 Å². The summed E-state index contributed by atoms with van der Waals surface area (Å²) in [7, 11) is 0. The fourth-order valence-corrected chi connectivity index (χ4v) is 4.93. The van der Waals surface area contributed by atoms with Crippen molar-refractivity contribution in [3.63, 3.8) is 0 Å². The highest BCUT2D eigenvalue weighted by Gasteiger charge is 2.38. The Morgan fingerprint density at radius 3 is 0.619 bits per heavy atom. The van der Waals surface area contributed by atoms with E-state index in [1.165, 1.54) is 6.42 Å². The van der Waals surface area contributed by atoms with Crippen molar-refractivity contribution in [2.24, 2.45) is 59.2 Å². The number of hydrogen-bond donors (Lipinski definition) is 0. The van der Waals surface area contributed by atoms with Crippen molar-refractivity contribution in [3.05, 3.63) is 0 Å². The molecule has 0 heteroatoms. The molecule has 21 heavy (non-hydrogen) atoms. The molecule has 0 N–H and O–H groups in total. The van der Waals surface area contributed by atoms with Gasteiger partial charge in [0, 0.05) is 0 Å². The Labute approximate surface area is 135 Å². The average Bonchev–Trinajstić information content (AvgIpc) is 2.68. The molecule has 2 fully saturated rings. The first-order valence-electron chi connectivity index (χ1n) is 9.59. The molecule has 2 aliphatic carbocycles. The van der Waals surface area contributed by atoms with Crippen molar-refractivity contribution < 1.29 is 0 Å². The lowest BCUT2D eigenvalue weighted by atomic mass is 9.60. The second-order valence-electron chi connectivity index (χ2n) is 9.06. The minimum atomic E-state index is 0.909. The molecule has 0 aromatic heterocycles. The summed E-state index contributed by atoms with van der Waals surface area (Å²) < 4.78 is 0. The summed E-state index contributed by atoms with van der Waals surface area (Å²) in [5.74, 6) is 9.30. The predicted molar refractivity (Wildman–Crippen MR) is 96.3 cm³/mol. The summed E-state index contributed by atoms with van der Waals surface area (Å²) in [4.78, 5) is 0. The second kappa shape index (κ2) is 7.51. The van der Waals surface area contributed by atoms with Gasteiger partial charge in [-0.25, -0.2) is 0 Å². The molecule has 2 aliphatic rings. The van der Waals surface area contributed by atoms with Crippen LogP contribution in [0.5, 0.6) is 0 Å². The van der Waals surface area contributed by atoms with Gasteiger partial charge in [-0.1, -0.05) is 69.2 Å². The second-order valence-corrected chi connectivity index (χ2v) is 9.06. The number of hydrogen-bond acceptors (Lipinski definition) is 0. The van der Waals surface area contributed by atoms with E-state index in [-0.39, 0.29) is 0 Å². The van der Waals surface area contributed by atoms with Gasteiger partial charge in [0.1, 0.15) is 0 Å². The van der Waals surface area contributed by atoms with Gasteiger partial charge in [-0.2, -0.15) is 0 Å². The zero-order valence-corrected chi connectivity index (χ0v) is 16.5. The fourth-order valence-electron chi connectivity index (χ4n) is 4.93. The van der Waals surface area contributed by atoms with Gasteiger partial charge < -0.3 is 0 Å². The standard InChI is InChI=1S/C12H24.C9H18/c1-7-8(2)10(4)12(6)11(5)9(7)3;1-6-5-7(2)9(4)8(6)3/h7-12H,1-6H3;6-9H,5H2,1-4H3. The Balaban J connectivity index is 0.000000219. The van der Waals surface area contributed by atoms with Crippen LogP contribution in [0.3, 0.4) is 0 Å². The Kier molecular flexibility index (Phi) is 6.81. The molecule has 126 valence electrons. The molecule has 2 saturated carbocycles. The largest absolute Gasteiger partial charge is 0.0622 e. The molecule has 2 rings (SSSR count). The van der Waals surface area contributed by atoms with Crippen molar-refractivity contribution in [2.45, 2.75) is 75.7 Å². The Morgan fingerprint density at radius 2 is 0.524 bits per heavy atom. The average molecular weight is 295 g/mol. The fraction of sp³-hybridized carbons (Fsp3) is 1.00. The third-order valence-corrected chi connectivity index (χ3v) is 8.34. The van der Waals surface area contributed by atoms with Crippen LogP contribution in [0.4, 0.5) is 0 Å². The molecule has 0 heterocycles. The topological polar surface area (TPSA) is 0 Å². The first-order chi connectivity index (χ1) is 9.59. The van der Waals surface area contributed by atoms with Crippen molar-refractivity contribution >= 4 is 0 Å². The molecule has 0 spiro atoms. The molecular weight excluding hydrogens is 252 g/mol. The smallest absolute Gasteiger partial charge is 0.0386 e. The minimum absolute atomic E-state index is 0.909. The summed E-state index contributed by atoms with van der Waals surface area (Å²) in [6, 6.07) is 0. The summed E-state index contributed by atoms with van der Waals surface area (Å²) in [6.07, 6.45) is 1.45. The molecule has 0 nitrogen and oxygen atoms in total. The molecule has 4 unspecified atom stereocenters. The van der Waals surface area contributed by atoms with Crippen LogP contribution >= 0.6 is 0 Å². The normalized spacial score (nSPS) is 54.0. The Hall–Kier alpha value is 0. The van der Waals surface area contributed by atoms with Crippen LogP contribution in [0.25, 0.3) is 0 Å². The van der Waals surface area contributed by atoms with Gasteiger partial charge >= 0.3 is 0 Å². The lowest BCUT2D eigenvalue weighted by Crippen LogP contribution is -2.39. The van der Waals surface area contributed by atoms with E-state index >= 15 is 0 Å². The van der Waals surface area contributed by atoms with Crippen molar-refractivity contribution in [3.8, 4) is 0 Å². The van der Waals surface area contributed by atoms with E-state index in [1.54, 1.807) is 0 Å². The van der Waals surface area contributed by atoms with Gasteiger partial charge in [0.2, 0.25) is 0 Å². The third-order valence-electron chi connectivity index (χ3n) is 8.34. The molecule has 0 aliphatic heterocycles. The van der Waals surface area contributed by atoms with Crippen molar-refractivity contribution in [1.29, 1.82) is 0 Å². The predicted octanol–water partition coefficient (Wildman–Crippen LogP) is 6.75. The third kappa shape index (κ3) is 4.05. The van der Waals surface area contributed by atoms with Gasteiger partial charge in [-0.3, -0.25) is 0 Å². The zero-order valence-electron chi connectivity index (χ0n) is 16.5. The first kappa shape index (κ1) is 19.0. The van der Waals surface area contributed by atoms with E-state index in [0.717, 1.165) is 59.2 Å². The van der Waals surface area contributed by atoms with Gasteiger partial charge in [0.25, 0.3) is 0 Å². The molecule has 0 radical (unpaired) electrons. The van der Waals surface area contributed by atoms with Crippen LogP contribution in [0.1, 0.15) is 75.7 Å².